The summed E-state index contributed by atoms with van der Waals surface area (Å²) in [5.74, 6) is -8.95. The topological polar surface area (TPSA) is 188 Å². The minimum atomic E-state index is -2.99. The molecule has 11 heteroatoms. The Balaban J connectivity index is 2.00. The van der Waals surface area contributed by atoms with E-state index in [-0.39, 0.29) is 11.1 Å². The molecule has 0 heterocycles. The van der Waals surface area contributed by atoms with Gasteiger partial charge in [-0.25, -0.2) is 0 Å². The summed E-state index contributed by atoms with van der Waals surface area (Å²) in [6.45, 7) is 4.91. The number of ketones is 2. The molecule has 0 unspecified atom stereocenters. The van der Waals surface area contributed by atoms with Crippen molar-refractivity contribution in [1.29, 1.82) is 0 Å². The Hall–Kier alpha value is -3.25. The number of Topliss-reactive ketones (excluding diaryl/α,β-unsaturated/α-hetero) is 2. The Labute approximate surface area is 207 Å². The van der Waals surface area contributed by atoms with Crippen LogP contribution in [0.1, 0.15) is 42.8 Å². The smallest absolute Gasteiger partial charge is 0.258 e. The highest BCUT2D eigenvalue weighted by atomic mass is 16.4. The van der Waals surface area contributed by atoms with Crippen LogP contribution in [-0.4, -0.2) is 90.4 Å². The second-order valence-corrected chi connectivity index (χ2v) is 10.8. The Morgan fingerprint density at radius 2 is 1.69 bits per heavy atom. The van der Waals surface area contributed by atoms with Crippen LogP contribution in [0, 0.1) is 11.8 Å². The van der Waals surface area contributed by atoms with Gasteiger partial charge in [-0.15, -0.1) is 0 Å². The maximum atomic E-state index is 13.6. The number of amides is 1. The van der Waals surface area contributed by atoms with Gasteiger partial charge in [-0.3, -0.25) is 19.3 Å². The van der Waals surface area contributed by atoms with Gasteiger partial charge in [-0.05, 0) is 46.5 Å². The average molecular weight is 503 g/mol. The van der Waals surface area contributed by atoms with Gasteiger partial charge >= 0.3 is 0 Å². The van der Waals surface area contributed by atoms with Crippen molar-refractivity contribution in [2.75, 3.05) is 14.1 Å². The molecular weight excluding hydrogens is 472 g/mol. The molecule has 1 aromatic rings. The van der Waals surface area contributed by atoms with E-state index < -0.39 is 87.1 Å². The summed E-state index contributed by atoms with van der Waals surface area (Å²) in [5, 5.41) is 69.5. The molecule has 0 saturated carbocycles. The third-order valence-corrected chi connectivity index (χ3v) is 7.09. The van der Waals surface area contributed by atoms with E-state index in [4.69, 9.17) is 0 Å². The lowest BCUT2D eigenvalue weighted by molar-refractivity contribution is -0.166. The zero-order chi connectivity index (χ0) is 27.1. The third-order valence-electron chi connectivity index (χ3n) is 7.09. The number of fused-ring (bicyclic) bond motifs is 3. The molecule has 7 N–H and O–H groups in total. The molecule has 0 fully saturated rings. The molecule has 0 radical (unpaired) electrons. The van der Waals surface area contributed by atoms with Gasteiger partial charge in [0, 0.05) is 17.0 Å². The molecule has 4 rings (SSSR count). The fourth-order valence-corrected chi connectivity index (χ4v) is 5.63. The Kier molecular flexibility index (Phi) is 5.84. The quantitative estimate of drug-likeness (QED) is 0.272. The minimum absolute atomic E-state index is 0.000383. The molecular formula is C25H30N2O9. The molecule has 0 saturated heterocycles. The number of aliphatic hydroxyl groups is 5. The number of carbonyl (C=O) groups excluding carboxylic acids is 3. The van der Waals surface area contributed by atoms with Crippen molar-refractivity contribution >= 4 is 17.5 Å². The van der Waals surface area contributed by atoms with E-state index in [1.807, 2.05) is 0 Å². The van der Waals surface area contributed by atoms with Crippen molar-refractivity contribution in [3.05, 3.63) is 52.0 Å². The predicted octanol–water partition coefficient (Wildman–Crippen LogP) is 0.0117. The molecule has 0 spiro atoms. The Morgan fingerprint density at radius 3 is 2.25 bits per heavy atom. The summed E-state index contributed by atoms with van der Waals surface area (Å²) in [6.07, 6.45) is -3.43. The third kappa shape index (κ3) is 3.38. The largest absolute Gasteiger partial charge is 0.510 e. The number of benzene rings is 1. The second kappa shape index (κ2) is 8.13. The number of nitrogens with one attached hydrogen (secondary N) is 1. The lowest BCUT2D eigenvalue weighted by atomic mass is 9.56. The van der Waals surface area contributed by atoms with Crippen LogP contribution in [0.3, 0.4) is 0 Å². The summed E-state index contributed by atoms with van der Waals surface area (Å²) in [5.41, 5.74) is -5.64. The summed E-state index contributed by atoms with van der Waals surface area (Å²) in [6, 6.07) is 2.61. The van der Waals surface area contributed by atoms with Gasteiger partial charge < -0.3 is 36.0 Å². The van der Waals surface area contributed by atoms with E-state index >= 15 is 0 Å². The van der Waals surface area contributed by atoms with Crippen molar-refractivity contribution in [3.8, 4) is 5.75 Å². The molecule has 3 aliphatic rings. The van der Waals surface area contributed by atoms with Crippen LogP contribution < -0.4 is 5.32 Å². The SMILES string of the molecule is CN(C)[C@@H]1C(O)=C(C(=O)NC(C)(C)C)C(=O)[C@@]2(O)C(O)=C3C(=O)c4c(O)cccc4[C@H](O)[C@H]3[C@H](O)[C@@H]12. The highest BCUT2D eigenvalue weighted by Crippen LogP contribution is 2.54. The number of phenols is 1. The average Bonchev–Trinajstić information content (AvgIpc) is 2.75. The van der Waals surface area contributed by atoms with Crippen LogP contribution in [0.25, 0.3) is 0 Å². The van der Waals surface area contributed by atoms with Crippen molar-refractivity contribution in [1.82, 2.24) is 10.2 Å². The lowest BCUT2D eigenvalue weighted by Gasteiger charge is -2.53. The van der Waals surface area contributed by atoms with E-state index in [1.54, 1.807) is 20.8 Å². The summed E-state index contributed by atoms with van der Waals surface area (Å²) in [4.78, 5) is 41.4. The van der Waals surface area contributed by atoms with Crippen molar-refractivity contribution in [2.24, 2.45) is 11.8 Å². The zero-order valence-corrected chi connectivity index (χ0v) is 20.5. The van der Waals surface area contributed by atoms with E-state index in [0.717, 1.165) is 0 Å². The van der Waals surface area contributed by atoms with Crippen LogP contribution in [0.15, 0.2) is 40.9 Å². The first kappa shape index (κ1) is 25.8. The molecule has 1 amide bonds. The van der Waals surface area contributed by atoms with E-state index in [1.165, 1.54) is 37.2 Å². The number of hydrogen-bond acceptors (Lipinski definition) is 10. The van der Waals surface area contributed by atoms with Crippen molar-refractivity contribution in [2.45, 2.75) is 50.2 Å². The molecule has 0 aromatic heterocycles. The van der Waals surface area contributed by atoms with Gasteiger partial charge in [-0.2, -0.15) is 0 Å². The second-order valence-electron chi connectivity index (χ2n) is 10.8. The molecule has 194 valence electrons. The summed E-state index contributed by atoms with van der Waals surface area (Å²) in [7, 11) is 2.93. The van der Waals surface area contributed by atoms with E-state index in [2.05, 4.69) is 5.32 Å². The summed E-state index contributed by atoms with van der Waals surface area (Å²) >= 11 is 0. The van der Waals surface area contributed by atoms with Gasteiger partial charge in [0.1, 0.15) is 22.8 Å². The zero-order valence-electron chi connectivity index (χ0n) is 20.5. The van der Waals surface area contributed by atoms with Crippen LogP contribution in [0.2, 0.25) is 0 Å². The van der Waals surface area contributed by atoms with Crippen molar-refractivity contribution in [3.63, 3.8) is 0 Å². The normalized spacial score (nSPS) is 32.3. The van der Waals surface area contributed by atoms with Gasteiger partial charge in [-0.1, -0.05) is 12.1 Å². The van der Waals surface area contributed by atoms with Gasteiger partial charge in [0.05, 0.1) is 29.7 Å². The van der Waals surface area contributed by atoms with Gasteiger partial charge in [0.15, 0.2) is 11.4 Å². The fraction of sp³-hybridized carbons (Fsp3) is 0.480. The first-order valence-corrected chi connectivity index (χ1v) is 11.4. The maximum Gasteiger partial charge on any atom is 0.258 e. The number of likely N-dealkylation sites (N-methyl/N-ethyl adjacent to an activating group) is 1. The van der Waals surface area contributed by atoms with Crippen LogP contribution in [-0.2, 0) is 9.59 Å². The summed E-state index contributed by atoms with van der Waals surface area (Å²) < 4.78 is 0. The van der Waals surface area contributed by atoms with Crippen LogP contribution >= 0.6 is 0 Å². The fourth-order valence-electron chi connectivity index (χ4n) is 5.63. The molecule has 0 bridgehead atoms. The molecule has 6 atom stereocenters. The number of carbonyl (C=O) groups is 3. The molecule has 36 heavy (non-hydrogen) atoms. The Bertz CT molecular complexity index is 1240. The minimum Gasteiger partial charge on any atom is -0.510 e. The molecule has 3 aliphatic carbocycles. The highest BCUT2D eigenvalue weighted by Gasteiger charge is 2.67. The highest BCUT2D eigenvalue weighted by molar-refractivity contribution is 6.25. The Morgan fingerprint density at radius 1 is 1.08 bits per heavy atom. The lowest BCUT2D eigenvalue weighted by Crippen LogP contribution is -2.68. The van der Waals surface area contributed by atoms with Crippen LogP contribution in [0.4, 0.5) is 0 Å². The molecule has 1 aromatic carbocycles. The number of rotatable bonds is 2. The number of aliphatic hydroxyl groups excluding tert-OH is 4. The van der Waals surface area contributed by atoms with Crippen LogP contribution in [0.5, 0.6) is 5.75 Å². The van der Waals surface area contributed by atoms with E-state index in [9.17, 15) is 45.0 Å². The first-order valence-electron chi connectivity index (χ1n) is 11.4. The predicted molar refractivity (Wildman–Crippen MR) is 125 cm³/mol. The number of aromatic hydroxyl groups is 1. The van der Waals surface area contributed by atoms with Gasteiger partial charge in [0.2, 0.25) is 5.78 Å². The number of phenolic OH excluding ortho intramolecular Hbond substituents is 1. The van der Waals surface area contributed by atoms with Crippen molar-refractivity contribution < 1.29 is 45.0 Å². The maximum absolute atomic E-state index is 13.6. The number of hydrogen-bond donors (Lipinski definition) is 7. The molecule has 11 nitrogen and oxygen atoms in total. The van der Waals surface area contributed by atoms with E-state index in [0.29, 0.717) is 0 Å². The monoisotopic (exact) mass is 502 g/mol. The number of nitrogens with zero attached hydrogens (tertiary/aromatic N) is 1. The van der Waals surface area contributed by atoms with Gasteiger partial charge in [0.25, 0.3) is 5.91 Å². The first-order chi connectivity index (χ1) is 16.6. The molecule has 0 aliphatic heterocycles. The standard InChI is InChI=1S/C25H30N2O9/c1-24(2,3)26-23(35)14-20(32)16(27(4)5)15-19(31)12-13(21(33)25(15,36)22(14)34)18(30)11-9(17(12)29)7-6-8-10(11)28/h6-8,12,15-17,19,28-29,31-33,36H,1-5H3,(H,26,35)/t12-,15+,16-,17-,19-,25-/m0/s1.